The second kappa shape index (κ2) is 4.53. The average molecular weight is 282 g/mol. The number of benzene rings is 1. The van der Waals surface area contributed by atoms with Gasteiger partial charge in [0.2, 0.25) is 0 Å². The topological polar surface area (TPSA) is 60.2 Å². The molecule has 0 radical (unpaired) electrons. The van der Waals surface area contributed by atoms with Gasteiger partial charge in [-0.3, -0.25) is 0 Å². The van der Waals surface area contributed by atoms with E-state index in [1.807, 2.05) is 0 Å². The van der Waals surface area contributed by atoms with E-state index in [0.29, 0.717) is 9.92 Å². The van der Waals surface area contributed by atoms with Gasteiger partial charge in [-0.15, -0.1) is 12.4 Å². The molecule has 0 saturated heterocycles. The molecular weight excluding hydrogens is 269 g/mol. The van der Waals surface area contributed by atoms with Gasteiger partial charge in [-0.05, 0) is 37.1 Å². The van der Waals surface area contributed by atoms with Gasteiger partial charge in [-0.1, -0.05) is 11.6 Å². The molecule has 1 fully saturated rings. The summed E-state index contributed by atoms with van der Waals surface area (Å²) in [5, 5.41) is 0.530. The summed E-state index contributed by atoms with van der Waals surface area (Å²) in [7, 11) is -3.26. The normalized spacial score (nSPS) is 17.6. The van der Waals surface area contributed by atoms with Crippen molar-refractivity contribution in [2.24, 2.45) is 5.73 Å². The highest BCUT2D eigenvalue weighted by molar-refractivity contribution is 7.91. The van der Waals surface area contributed by atoms with Crippen molar-refractivity contribution in [3.63, 3.8) is 0 Å². The van der Waals surface area contributed by atoms with Gasteiger partial charge in [-0.25, -0.2) is 8.42 Å². The molecule has 1 aromatic carbocycles. The minimum Gasteiger partial charge on any atom is -0.324 e. The third-order valence-electron chi connectivity index (χ3n) is 2.54. The third-order valence-corrected chi connectivity index (χ3v) is 4.74. The van der Waals surface area contributed by atoms with Crippen LogP contribution in [0.25, 0.3) is 0 Å². The summed E-state index contributed by atoms with van der Waals surface area (Å²) in [5.74, 6) is 0.0294. The summed E-state index contributed by atoms with van der Waals surface area (Å²) in [6.07, 6.45) is 1.58. The number of nitrogens with two attached hydrogens (primary N) is 1. The molecule has 1 aliphatic rings. The third kappa shape index (κ3) is 3.10. The number of hydrogen-bond acceptors (Lipinski definition) is 3. The van der Waals surface area contributed by atoms with Crippen LogP contribution in [0.1, 0.15) is 12.8 Å². The fourth-order valence-electron chi connectivity index (χ4n) is 1.41. The Labute approximate surface area is 106 Å². The van der Waals surface area contributed by atoms with Crippen LogP contribution in [0.5, 0.6) is 0 Å². The number of sulfone groups is 1. The van der Waals surface area contributed by atoms with E-state index in [4.69, 9.17) is 17.3 Å². The molecule has 1 aromatic rings. The van der Waals surface area contributed by atoms with E-state index in [0.717, 1.165) is 12.8 Å². The summed E-state index contributed by atoms with van der Waals surface area (Å²) >= 11 is 5.69. The molecule has 6 heteroatoms. The van der Waals surface area contributed by atoms with Crippen LogP contribution in [0, 0.1) is 0 Å². The van der Waals surface area contributed by atoms with Crippen molar-refractivity contribution in [3.05, 3.63) is 29.3 Å². The van der Waals surface area contributed by atoms with E-state index >= 15 is 0 Å². The van der Waals surface area contributed by atoms with Gasteiger partial charge in [0.15, 0.2) is 9.84 Å². The fourth-order valence-corrected chi connectivity index (χ4v) is 3.30. The van der Waals surface area contributed by atoms with Crippen molar-refractivity contribution in [1.29, 1.82) is 0 Å². The van der Waals surface area contributed by atoms with Crippen molar-refractivity contribution < 1.29 is 8.42 Å². The van der Waals surface area contributed by atoms with Crippen LogP contribution in [-0.2, 0) is 9.84 Å². The van der Waals surface area contributed by atoms with Gasteiger partial charge in [0.05, 0.1) is 10.6 Å². The molecule has 2 N–H and O–H groups in total. The van der Waals surface area contributed by atoms with Gasteiger partial charge >= 0.3 is 0 Å². The smallest absolute Gasteiger partial charge is 0.180 e. The predicted octanol–water partition coefficient (Wildman–Crippen LogP) is 2.03. The van der Waals surface area contributed by atoms with Crippen molar-refractivity contribution in [2.75, 3.05) is 5.75 Å². The van der Waals surface area contributed by atoms with Crippen molar-refractivity contribution in [3.8, 4) is 0 Å². The minimum absolute atomic E-state index is 0. The molecule has 2 rings (SSSR count). The summed E-state index contributed by atoms with van der Waals surface area (Å²) in [6.45, 7) is 0. The Balaban J connectivity index is 0.00000128. The molecule has 90 valence electrons. The van der Waals surface area contributed by atoms with Crippen LogP contribution in [0.4, 0.5) is 0 Å². The molecule has 0 spiro atoms. The van der Waals surface area contributed by atoms with E-state index in [1.165, 1.54) is 12.1 Å². The van der Waals surface area contributed by atoms with E-state index < -0.39 is 15.4 Å². The first-order valence-electron chi connectivity index (χ1n) is 4.69. The first-order chi connectivity index (χ1) is 6.91. The maximum Gasteiger partial charge on any atom is 0.180 e. The lowest BCUT2D eigenvalue weighted by atomic mass is 10.4. The molecule has 1 saturated carbocycles. The van der Waals surface area contributed by atoms with E-state index in [-0.39, 0.29) is 18.2 Å². The highest BCUT2D eigenvalue weighted by Gasteiger charge is 2.42. The molecule has 1 aliphatic carbocycles. The van der Waals surface area contributed by atoms with Gasteiger partial charge < -0.3 is 5.73 Å². The molecule has 16 heavy (non-hydrogen) atoms. The zero-order valence-electron chi connectivity index (χ0n) is 8.52. The zero-order valence-corrected chi connectivity index (χ0v) is 10.9. The summed E-state index contributed by atoms with van der Waals surface area (Å²) in [4.78, 5) is 0.295. The van der Waals surface area contributed by atoms with Crippen molar-refractivity contribution >= 4 is 33.8 Å². The van der Waals surface area contributed by atoms with Gasteiger partial charge in [-0.2, -0.15) is 0 Å². The highest BCUT2D eigenvalue weighted by atomic mass is 35.5. The van der Waals surface area contributed by atoms with Crippen LogP contribution in [0.2, 0.25) is 5.02 Å². The Kier molecular flexibility index (Phi) is 3.90. The van der Waals surface area contributed by atoms with Gasteiger partial charge in [0.25, 0.3) is 0 Å². The molecule has 3 nitrogen and oxygen atoms in total. The molecule has 0 heterocycles. The van der Waals surface area contributed by atoms with Crippen molar-refractivity contribution in [2.45, 2.75) is 23.3 Å². The SMILES string of the molecule is Cl.NC1(CS(=O)(=O)c2ccc(Cl)cc2)CC1. The zero-order chi connectivity index (χ0) is 11.1. The van der Waals surface area contributed by atoms with Gasteiger partial charge in [0.1, 0.15) is 0 Å². The Morgan fingerprint density at radius 1 is 1.25 bits per heavy atom. The maximum absolute atomic E-state index is 11.9. The van der Waals surface area contributed by atoms with Crippen molar-refractivity contribution in [1.82, 2.24) is 0 Å². The summed E-state index contributed by atoms with van der Waals surface area (Å²) in [6, 6.07) is 6.18. The van der Waals surface area contributed by atoms with E-state index in [9.17, 15) is 8.42 Å². The first kappa shape index (κ1) is 13.8. The lowest BCUT2D eigenvalue weighted by molar-refractivity contribution is 0.585. The first-order valence-corrected chi connectivity index (χ1v) is 6.72. The van der Waals surface area contributed by atoms with Crippen LogP contribution in [-0.4, -0.2) is 19.7 Å². The lowest BCUT2D eigenvalue weighted by Gasteiger charge is -2.09. The second-order valence-corrected chi connectivity index (χ2v) is 6.50. The Bertz CT molecular complexity index is 466. The number of halogens is 2. The van der Waals surface area contributed by atoms with E-state index in [1.54, 1.807) is 12.1 Å². The van der Waals surface area contributed by atoms with Crippen LogP contribution < -0.4 is 5.73 Å². The Morgan fingerprint density at radius 2 is 1.75 bits per heavy atom. The molecule has 0 unspecified atom stereocenters. The van der Waals surface area contributed by atoms with Crippen LogP contribution in [0.15, 0.2) is 29.2 Å². The highest BCUT2D eigenvalue weighted by Crippen LogP contribution is 2.35. The van der Waals surface area contributed by atoms with Gasteiger partial charge in [0, 0.05) is 10.6 Å². The molecule has 0 amide bonds. The maximum atomic E-state index is 11.9. The molecule has 0 aliphatic heterocycles. The fraction of sp³-hybridized carbons (Fsp3) is 0.400. The Hall–Kier alpha value is -0.290. The summed E-state index contributed by atoms with van der Waals surface area (Å²) in [5.41, 5.74) is 5.31. The largest absolute Gasteiger partial charge is 0.324 e. The van der Waals surface area contributed by atoms with Crippen LogP contribution in [0.3, 0.4) is 0 Å². The molecule has 0 atom stereocenters. The second-order valence-electron chi connectivity index (χ2n) is 4.08. The monoisotopic (exact) mass is 281 g/mol. The minimum atomic E-state index is -3.26. The lowest BCUT2D eigenvalue weighted by Crippen LogP contribution is -2.31. The van der Waals surface area contributed by atoms with E-state index in [2.05, 4.69) is 0 Å². The molecule has 0 bridgehead atoms. The predicted molar refractivity (Wildman–Crippen MR) is 66.9 cm³/mol. The summed E-state index contributed by atoms with van der Waals surface area (Å²) < 4.78 is 23.8. The average Bonchev–Trinajstić information content (AvgIpc) is 2.82. The Morgan fingerprint density at radius 3 is 2.19 bits per heavy atom. The number of hydrogen-bond donors (Lipinski definition) is 1. The number of rotatable bonds is 3. The molecule has 0 aromatic heterocycles. The standard InChI is InChI=1S/C10H12ClNO2S.ClH/c11-8-1-3-9(4-2-8)15(13,14)7-10(12)5-6-10;/h1-4H,5-7,12H2;1H. The molecular formula is C10H13Cl2NO2S. The van der Waals surface area contributed by atoms with Crippen LogP contribution >= 0.6 is 24.0 Å². The quantitative estimate of drug-likeness (QED) is 0.922.